The summed E-state index contributed by atoms with van der Waals surface area (Å²) in [7, 11) is -2.39. The maximum Gasteiger partial charge on any atom is 1.00 e. The molecule has 0 spiro atoms. The minimum atomic E-state index is -2.39. The van der Waals surface area contributed by atoms with Gasteiger partial charge in [-0.25, -0.2) is 0 Å². The molecule has 0 aliphatic rings. The van der Waals surface area contributed by atoms with E-state index in [9.17, 15) is 4.57 Å². The van der Waals surface area contributed by atoms with Gasteiger partial charge in [0, 0.05) is 4.57 Å². The molecule has 1 N–H and O–H groups in total. The number of hydrogen-bond acceptors (Lipinski definition) is 2. The first-order chi connectivity index (χ1) is 8.27. The molecule has 0 saturated carbocycles. The molecular weight excluding hydrogens is 313 g/mol. The Hall–Kier alpha value is 3.29. The van der Waals surface area contributed by atoms with E-state index in [0.717, 1.165) is 12.8 Å². The Morgan fingerprint density at radius 3 is 1.58 bits per heavy atom. The molecule has 0 aromatic rings. The van der Waals surface area contributed by atoms with Gasteiger partial charge in [0.1, 0.15) is 6.61 Å². The van der Waals surface area contributed by atoms with Crippen LogP contribution in [0.5, 0.6) is 0 Å². The van der Waals surface area contributed by atoms with Crippen LogP contribution in [-0.4, -0.2) is 11.5 Å². The summed E-state index contributed by atoms with van der Waals surface area (Å²) in [5.74, 6) is 0. The predicted molar refractivity (Wildman–Crippen MR) is 74.5 cm³/mol. The molecule has 19 heavy (non-hydrogen) atoms. The van der Waals surface area contributed by atoms with Crippen molar-refractivity contribution in [2.75, 3.05) is 6.61 Å². The molecule has 0 aliphatic carbocycles. The molecule has 0 fully saturated rings. The van der Waals surface area contributed by atoms with Gasteiger partial charge in [-0.15, -0.1) is 9.42 Å². The molecule has 1 unspecified atom stereocenters. The number of unbranched alkanes of at least 4 members (excludes halogenated alkanes) is 10. The van der Waals surface area contributed by atoms with Gasteiger partial charge in [-0.1, -0.05) is 71.1 Å². The average Bonchev–Trinajstić information content (AvgIpc) is 2.30. The Kier molecular flexibility index (Phi) is 33.7. The quantitative estimate of drug-likeness (QED) is 0.270. The molecule has 106 valence electrons. The summed E-state index contributed by atoms with van der Waals surface area (Å²) in [4.78, 5) is 8.40. The molecular formula is C13H30K2O3P+. The van der Waals surface area contributed by atoms with E-state index >= 15 is 0 Å². The van der Waals surface area contributed by atoms with E-state index in [0.29, 0.717) is 6.61 Å². The summed E-state index contributed by atoms with van der Waals surface area (Å²) < 4.78 is 14.8. The summed E-state index contributed by atoms with van der Waals surface area (Å²) in [5, 5.41) is 0. The second-order valence-electron chi connectivity index (χ2n) is 4.61. The Labute approximate surface area is 208 Å². The van der Waals surface area contributed by atoms with Crippen molar-refractivity contribution in [2.24, 2.45) is 0 Å². The van der Waals surface area contributed by atoms with E-state index in [1.165, 1.54) is 57.8 Å². The first-order valence-corrected chi connectivity index (χ1v) is 8.19. The van der Waals surface area contributed by atoms with E-state index < -0.39 is 8.25 Å². The molecule has 1 atom stereocenters. The number of hydrogen-bond donors (Lipinski definition) is 1. The van der Waals surface area contributed by atoms with E-state index in [2.05, 4.69) is 11.4 Å². The van der Waals surface area contributed by atoms with Gasteiger partial charge in [-0.3, -0.25) is 0 Å². The zero-order valence-corrected chi connectivity index (χ0v) is 20.3. The normalized spacial score (nSPS) is 10.5. The van der Waals surface area contributed by atoms with E-state index in [4.69, 9.17) is 4.89 Å². The largest absolute Gasteiger partial charge is 1.00 e. The van der Waals surface area contributed by atoms with Crippen LogP contribution in [-0.2, 0) is 9.09 Å². The third-order valence-corrected chi connectivity index (χ3v) is 3.35. The van der Waals surface area contributed by atoms with E-state index in [-0.39, 0.29) is 106 Å². The third kappa shape index (κ3) is 26.5. The van der Waals surface area contributed by atoms with Crippen molar-refractivity contribution in [1.29, 1.82) is 0 Å². The topological polar surface area (TPSA) is 46.5 Å². The van der Waals surface area contributed by atoms with Crippen molar-refractivity contribution < 1.29 is 120 Å². The third-order valence-electron chi connectivity index (χ3n) is 2.95. The van der Waals surface area contributed by atoms with Gasteiger partial charge in [-0.2, -0.15) is 0 Å². The monoisotopic (exact) mass is 343 g/mol. The van der Waals surface area contributed by atoms with Crippen molar-refractivity contribution in [2.45, 2.75) is 77.6 Å². The van der Waals surface area contributed by atoms with Crippen LogP contribution in [0, 0.1) is 0 Å². The molecule has 3 nitrogen and oxygen atoms in total. The second-order valence-corrected chi connectivity index (χ2v) is 5.34. The van der Waals surface area contributed by atoms with E-state index in [1.807, 2.05) is 0 Å². The first kappa shape index (κ1) is 27.2. The van der Waals surface area contributed by atoms with Gasteiger partial charge in [-0.05, 0) is 6.42 Å². The summed E-state index contributed by atoms with van der Waals surface area (Å²) >= 11 is 0. The predicted octanol–water partition coefficient (Wildman–Crippen LogP) is -0.803. The van der Waals surface area contributed by atoms with Crippen LogP contribution in [0.15, 0.2) is 0 Å². The standard InChI is InChI=1S/C13H27O3P.2K.2H/c1-2-3-4-5-6-7-8-9-10-11-12-13-16-17(14)15;;;;/h2-13H2,1H3;;;;/q;2*+1;2*-1/p+1. The minimum Gasteiger partial charge on any atom is -1.00 e. The van der Waals surface area contributed by atoms with Crippen LogP contribution in [0.3, 0.4) is 0 Å². The van der Waals surface area contributed by atoms with Gasteiger partial charge in [0.05, 0.1) is 0 Å². The molecule has 0 aliphatic heterocycles. The Bertz CT molecular complexity index is 193. The molecule has 0 aromatic carbocycles. The van der Waals surface area contributed by atoms with Gasteiger partial charge in [0.15, 0.2) is 0 Å². The van der Waals surface area contributed by atoms with Crippen LogP contribution in [0.4, 0.5) is 0 Å². The fourth-order valence-electron chi connectivity index (χ4n) is 1.91. The molecule has 0 saturated heterocycles. The smallest absolute Gasteiger partial charge is 1.00 e. The summed E-state index contributed by atoms with van der Waals surface area (Å²) in [6.45, 7) is 2.67. The molecule has 6 heteroatoms. The Morgan fingerprint density at radius 2 is 1.21 bits per heavy atom. The fourth-order valence-corrected chi connectivity index (χ4v) is 2.19. The zero-order chi connectivity index (χ0) is 12.8. The summed E-state index contributed by atoms with van der Waals surface area (Å²) in [6, 6.07) is 0. The van der Waals surface area contributed by atoms with Gasteiger partial charge < -0.3 is 2.85 Å². The molecule has 0 bridgehead atoms. The summed E-state index contributed by atoms with van der Waals surface area (Å²) in [5.41, 5.74) is 0. The van der Waals surface area contributed by atoms with Gasteiger partial charge in [0.25, 0.3) is 0 Å². The maximum absolute atomic E-state index is 10.2. The molecule has 0 heterocycles. The van der Waals surface area contributed by atoms with Gasteiger partial charge in [0.2, 0.25) is 0 Å². The Balaban J connectivity index is -0.000000213. The van der Waals surface area contributed by atoms with Crippen LogP contribution >= 0.6 is 8.25 Å². The second kappa shape index (κ2) is 23.6. The average molecular weight is 344 g/mol. The molecule has 0 amide bonds. The van der Waals surface area contributed by atoms with Crippen molar-refractivity contribution >= 4 is 8.25 Å². The van der Waals surface area contributed by atoms with Gasteiger partial charge >= 0.3 is 111 Å². The van der Waals surface area contributed by atoms with Crippen LogP contribution < -0.4 is 103 Å². The molecule has 0 radical (unpaired) electrons. The minimum absolute atomic E-state index is 0. The fraction of sp³-hybridized carbons (Fsp3) is 1.00. The molecule has 0 rings (SSSR count). The zero-order valence-electron chi connectivity index (χ0n) is 15.2. The van der Waals surface area contributed by atoms with Crippen molar-refractivity contribution in [1.82, 2.24) is 0 Å². The number of rotatable bonds is 13. The molecule has 0 aromatic heterocycles. The summed E-state index contributed by atoms with van der Waals surface area (Å²) in [6.07, 6.45) is 14.1. The van der Waals surface area contributed by atoms with Crippen molar-refractivity contribution in [3.8, 4) is 0 Å². The van der Waals surface area contributed by atoms with Crippen LogP contribution in [0.1, 0.15) is 80.4 Å². The maximum atomic E-state index is 10.2. The first-order valence-electron chi connectivity index (χ1n) is 7.06. The van der Waals surface area contributed by atoms with Crippen LogP contribution in [0.2, 0.25) is 0 Å². The van der Waals surface area contributed by atoms with Crippen molar-refractivity contribution in [3.05, 3.63) is 0 Å². The SMILES string of the molecule is CCCCCCCCCCCCCO[P+](=O)O.[H-].[H-].[K+].[K+]. The Morgan fingerprint density at radius 1 is 0.842 bits per heavy atom. The van der Waals surface area contributed by atoms with Crippen LogP contribution in [0.25, 0.3) is 0 Å². The van der Waals surface area contributed by atoms with E-state index in [1.54, 1.807) is 0 Å². The van der Waals surface area contributed by atoms with Crippen molar-refractivity contribution in [3.63, 3.8) is 0 Å².